The predicted octanol–water partition coefficient (Wildman–Crippen LogP) is 10.0. The summed E-state index contributed by atoms with van der Waals surface area (Å²) in [5.41, 5.74) is 11.1. The first-order valence-corrected chi connectivity index (χ1v) is 16.2. The maximum Gasteiger partial charge on any atom is 0.260 e. The first-order chi connectivity index (χ1) is 23.1. The van der Waals surface area contributed by atoms with E-state index in [1.807, 2.05) is 24.3 Å². The number of fused-ring (bicyclic) bond motifs is 5. The average molecular weight is 608 g/mol. The molecule has 0 saturated carbocycles. The van der Waals surface area contributed by atoms with E-state index in [1.54, 1.807) is 6.08 Å². The lowest BCUT2D eigenvalue weighted by molar-refractivity contribution is 0.419. The van der Waals surface area contributed by atoms with Gasteiger partial charge in [-0.2, -0.15) is 0 Å². The lowest BCUT2D eigenvalue weighted by atomic mass is 9.34. The molecule has 226 valence electrons. The summed E-state index contributed by atoms with van der Waals surface area (Å²) in [6, 6.07) is 38.7. The lowest BCUT2D eigenvalue weighted by Gasteiger charge is -2.34. The number of ether oxygens (including phenoxy) is 2. The first-order valence-electron chi connectivity index (χ1n) is 16.2. The average Bonchev–Trinajstić information content (AvgIpc) is 3.44. The quantitative estimate of drug-likeness (QED) is 0.133. The monoisotopic (exact) mass is 607 g/mol. The van der Waals surface area contributed by atoms with Crippen LogP contribution in [0.4, 0.5) is 0 Å². The fourth-order valence-electron chi connectivity index (χ4n) is 7.20. The minimum absolute atomic E-state index is 0.0340. The van der Waals surface area contributed by atoms with Gasteiger partial charge in [0.05, 0.1) is 16.8 Å². The molecule has 2 aliphatic rings. The number of benzene rings is 5. The summed E-state index contributed by atoms with van der Waals surface area (Å²) in [5, 5.41) is 2.51. The zero-order chi connectivity index (χ0) is 32.1. The van der Waals surface area contributed by atoms with Crippen LogP contribution in [-0.2, 0) is 0 Å². The van der Waals surface area contributed by atoms with Crippen molar-refractivity contribution in [2.75, 3.05) is 0 Å². The maximum atomic E-state index is 6.77. The van der Waals surface area contributed by atoms with Crippen LogP contribution >= 0.6 is 0 Å². The van der Waals surface area contributed by atoms with Gasteiger partial charge in [-0.15, -0.1) is 0 Å². The molecule has 0 saturated heterocycles. The lowest BCUT2D eigenvalue weighted by Crippen LogP contribution is -2.51. The van der Waals surface area contributed by atoms with Crippen LogP contribution < -0.4 is 20.4 Å². The van der Waals surface area contributed by atoms with Crippen LogP contribution in [0.25, 0.3) is 38.6 Å². The van der Waals surface area contributed by atoms with Crippen molar-refractivity contribution in [2.45, 2.75) is 20.3 Å². The number of hydrogen-bond donors (Lipinski definition) is 0. The number of rotatable bonds is 7. The molecular weight excluding hydrogens is 573 g/mol. The van der Waals surface area contributed by atoms with E-state index >= 15 is 0 Å². The third-order valence-electron chi connectivity index (χ3n) is 9.44. The summed E-state index contributed by atoms with van der Waals surface area (Å²) in [4.78, 5) is 0. The molecule has 0 bridgehead atoms. The molecule has 0 fully saturated rings. The SMILES string of the molecule is C=C/C=C\C(=C)/C(=C/C1=C(C)Oc2cccc3c2B1c1cccc(-c2ccc(-n4c5ccccc5c5ccccc54)cc2)c1O3)CC. The maximum absolute atomic E-state index is 6.77. The van der Waals surface area contributed by atoms with E-state index in [-0.39, 0.29) is 6.71 Å². The summed E-state index contributed by atoms with van der Waals surface area (Å²) < 4.78 is 15.5. The topological polar surface area (TPSA) is 23.4 Å². The molecule has 8 rings (SSSR count). The molecule has 0 N–H and O–H groups in total. The van der Waals surface area contributed by atoms with Crippen molar-refractivity contribution >= 4 is 39.4 Å². The summed E-state index contributed by atoms with van der Waals surface area (Å²) in [7, 11) is 0. The number of hydrogen-bond acceptors (Lipinski definition) is 2. The summed E-state index contributed by atoms with van der Waals surface area (Å²) in [6.07, 6.45) is 8.83. The second kappa shape index (κ2) is 11.6. The Labute approximate surface area is 276 Å². The molecule has 0 unspecified atom stereocenters. The standard InChI is InChI=1S/C43H34BNO2/c1-5-7-14-28(3)30(6-2)27-37-29(4)46-40-21-13-22-41-42(40)44(37)36-18-12-17-33(43(36)47-41)31-23-25-32(26-24-31)45-38-19-10-8-15-34(38)35-16-9-11-20-39(35)45/h5,7-27H,1,3,6H2,2,4H3/b14-7-,30-27+. The number of aromatic nitrogens is 1. The molecule has 0 amide bonds. The second-order valence-corrected chi connectivity index (χ2v) is 12.1. The van der Waals surface area contributed by atoms with Gasteiger partial charge in [-0.3, -0.25) is 0 Å². The highest BCUT2D eigenvalue weighted by atomic mass is 16.5. The van der Waals surface area contributed by atoms with Crippen molar-refractivity contribution < 1.29 is 9.47 Å². The third-order valence-corrected chi connectivity index (χ3v) is 9.44. The Balaban J connectivity index is 1.25. The van der Waals surface area contributed by atoms with Gasteiger partial charge in [0.25, 0.3) is 6.71 Å². The van der Waals surface area contributed by atoms with Crippen molar-refractivity contribution in [1.29, 1.82) is 0 Å². The minimum Gasteiger partial charge on any atom is -0.463 e. The van der Waals surface area contributed by atoms with Gasteiger partial charge >= 0.3 is 0 Å². The Bertz CT molecular complexity index is 2280. The van der Waals surface area contributed by atoms with Gasteiger partial charge < -0.3 is 14.0 Å². The molecule has 0 aliphatic carbocycles. The van der Waals surface area contributed by atoms with E-state index in [4.69, 9.17) is 9.47 Å². The van der Waals surface area contributed by atoms with Gasteiger partial charge in [0, 0.05) is 27.5 Å². The normalized spacial score (nSPS) is 13.8. The van der Waals surface area contributed by atoms with Crippen LogP contribution in [0, 0.1) is 0 Å². The smallest absolute Gasteiger partial charge is 0.260 e. The van der Waals surface area contributed by atoms with Crippen molar-refractivity contribution in [1.82, 2.24) is 4.57 Å². The number of para-hydroxylation sites is 3. The molecule has 6 aromatic rings. The van der Waals surface area contributed by atoms with Crippen molar-refractivity contribution in [3.8, 4) is 34.1 Å². The largest absolute Gasteiger partial charge is 0.463 e. The number of nitrogens with zero attached hydrogens (tertiary/aromatic N) is 1. The molecule has 2 aliphatic heterocycles. The van der Waals surface area contributed by atoms with Crippen molar-refractivity contribution in [3.05, 3.63) is 169 Å². The van der Waals surface area contributed by atoms with Crippen molar-refractivity contribution in [3.63, 3.8) is 0 Å². The molecule has 1 aromatic heterocycles. The Morgan fingerprint density at radius 3 is 2.13 bits per heavy atom. The van der Waals surface area contributed by atoms with E-state index in [0.717, 1.165) is 73.8 Å². The number of allylic oxidation sites excluding steroid dienone is 8. The first kappa shape index (κ1) is 28.7. The molecule has 0 spiro atoms. The van der Waals surface area contributed by atoms with Crippen LogP contribution in [0.2, 0.25) is 0 Å². The van der Waals surface area contributed by atoms with E-state index in [2.05, 4.69) is 135 Å². The Morgan fingerprint density at radius 2 is 1.45 bits per heavy atom. The van der Waals surface area contributed by atoms with Crippen LogP contribution in [0.1, 0.15) is 20.3 Å². The van der Waals surface area contributed by atoms with Crippen LogP contribution in [0.3, 0.4) is 0 Å². The molecule has 3 heterocycles. The zero-order valence-corrected chi connectivity index (χ0v) is 26.7. The molecule has 47 heavy (non-hydrogen) atoms. The van der Waals surface area contributed by atoms with E-state index < -0.39 is 0 Å². The molecule has 4 heteroatoms. The van der Waals surface area contributed by atoms with Gasteiger partial charge in [-0.25, -0.2) is 0 Å². The van der Waals surface area contributed by atoms with Gasteiger partial charge in [0.1, 0.15) is 17.2 Å². The fraction of sp³-hybridized carbons (Fsp3) is 0.0698. The molecular formula is C43H34BNO2. The zero-order valence-electron chi connectivity index (χ0n) is 26.7. The molecule has 0 atom stereocenters. The van der Waals surface area contributed by atoms with Crippen LogP contribution in [-0.4, -0.2) is 11.3 Å². The van der Waals surface area contributed by atoms with Gasteiger partial charge in [-0.05, 0) is 77.4 Å². The minimum atomic E-state index is -0.0340. The van der Waals surface area contributed by atoms with E-state index in [9.17, 15) is 0 Å². The third kappa shape index (κ3) is 4.68. The molecule has 3 nitrogen and oxygen atoms in total. The van der Waals surface area contributed by atoms with E-state index in [0.29, 0.717) is 0 Å². The van der Waals surface area contributed by atoms with Crippen LogP contribution in [0.15, 0.2) is 169 Å². The van der Waals surface area contributed by atoms with Crippen molar-refractivity contribution in [2.24, 2.45) is 0 Å². The Kier molecular flexibility index (Phi) is 7.07. The highest BCUT2D eigenvalue weighted by molar-refractivity contribution is 6.94. The van der Waals surface area contributed by atoms with Gasteiger partial charge in [0.15, 0.2) is 0 Å². The fourth-order valence-corrected chi connectivity index (χ4v) is 7.20. The van der Waals surface area contributed by atoms with Crippen LogP contribution in [0.5, 0.6) is 17.2 Å². The van der Waals surface area contributed by atoms with Gasteiger partial charge in [0.2, 0.25) is 0 Å². The molecule has 5 aromatic carbocycles. The summed E-state index contributed by atoms with van der Waals surface area (Å²) >= 11 is 0. The Morgan fingerprint density at radius 1 is 0.787 bits per heavy atom. The van der Waals surface area contributed by atoms with E-state index in [1.165, 1.54) is 21.8 Å². The predicted molar refractivity (Wildman–Crippen MR) is 198 cm³/mol. The Hall–Kier alpha value is -5.74. The summed E-state index contributed by atoms with van der Waals surface area (Å²) in [6.45, 7) is 12.4. The van der Waals surface area contributed by atoms with Gasteiger partial charge in [-0.1, -0.05) is 117 Å². The molecule has 0 radical (unpaired) electrons. The highest BCUT2D eigenvalue weighted by Gasteiger charge is 2.40. The summed E-state index contributed by atoms with van der Waals surface area (Å²) in [5.74, 6) is 3.45. The highest BCUT2D eigenvalue weighted by Crippen LogP contribution is 2.41. The second-order valence-electron chi connectivity index (χ2n) is 12.1.